The minimum atomic E-state index is -0.482. The number of hydrogen-bond acceptors (Lipinski definition) is 6. The number of ether oxygens (including phenoxy) is 1. The van der Waals surface area contributed by atoms with E-state index >= 15 is 0 Å². The fourth-order valence-corrected chi connectivity index (χ4v) is 3.59. The highest BCUT2D eigenvalue weighted by molar-refractivity contribution is 5.67. The Kier molecular flexibility index (Phi) is 6.18. The number of nitrogens with zero attached hydrogens (tertiary/aromatic N) is 2. The number of hydrogen-bond donors (Lipinski definition) is 2. The van der Waals surface area contributed by atoms with Gasteiger partial charge < -0.3 is 15.3 Å². The molecule has 1 amide bonds. The number of carbonyl (C=O) groups is 1. The van der Waals surface area contributed by atoms with Crippen LogP contribution in [-0.4, -0.2) is 39.6 Å². The molecule has 0 spiro atoms. The number of aliphatic imine (C=N–C) groups is 1. The highest BCUT2D eigenvalue weighted by Crippen LogP contribution is 2.37. The van der Waals surface area contributed by atoms with Crippen molar-refractivity contribution in [2.45, 2.75) is 70.8 Å². The second kappa shape index (κ2) is 7.99. The Labute approximate surface area is 154 Å². The molecule has 1 aliphatic heterocycles. The molecule has 0 radical (unpaired) electrons. The van der Waals surface area contributed by atoms with Crippen LogP contribution in [0, 0.1) is 0 Å². The van der Waals surface area contributed by atoms with Gasteiger partial charge in [-0.25, -0.2) is 14.6 Å². The van der Waals surface area contributed by atoms with Crippen LogP contribution in [0.1, 0.15) is 51.7 Å². The average Bonchev–Trinajstić information content (AvgIpc) is 2.56. The van der Waals surface area contributed by atoms with Crippen LogP contribution in [-0.2, 0) is 22.6 Å². The smallest absolute Gasteiger partial charge is 0.407 e. The summed E-state index contributed by atoms with van der Waals surface area (Å²) in [4.78, 5) is 25.9. The number of alkyl carbamates (subject to hydrolysis) is 1. The molecule has 26 heavy (non-hydrogen) atoms. The van der Waals surface area contributed by atoms with Crippen molar-refractivity contribution in [2.75, 3.05) is 0 Å². The van der Waals surface area contributed by atoms with Gasteiger partial charge in [-0.15, -0.1) is 0 Å². The van der Waals surface area contributed by atoms with Gasteiger partial charge in [0.05, 0.1) is 6.54 Å². The lowest BCUT2D eigenvalue weighted by molar-refractivity contribution is -0.256. The third kappa shape index (κ3) is 5.14. The molecule has 1 aromatic rings. The Balaban J connectivity index is 1.90. The van der Waals surface area contributed by atoms with Crippen molar-refractivity contribution in [1.29, 1.82) is 0 Å². The van der Waals surface area contributed by atoms with Crippen molar-refractivity contribution in [3.63, 3.8) is 0 Å². The van der Waals surface area contributed by atoms with Crippen molar-refractivity contribution in [2.24, 2.45) is 4.99 Å². The van der Waals surface area contributed by atoms with Crippen LogP contribution >= 0.6 is 0 Å². The minimum absolute atomic E-state index is 0.267. The summed E-state index contributed by atoms with van der Waals surface area (Å²) in [7, 11) is 0. The summed E-state index contributed by atoms with van der Waals surface area (Å²) in [6, 6.07) is 7.46. The zero-order valence-corrected chi connectivity index (χ0v) is 15.8. The monoisotopic (exact) mass is 361 g/mol. The van der Waals surface area contributed by atoms with Gasteiger partial charge in [0.1, 0.15) is 6.10 Å². The Morgan fingerprint density at radius 1 is 1.31 bits per heavy atom. The second-order valence-corrected chi connectivity index (χ2v) is 7.95. The SMILES string of the molecule is CC1(C)CC(OC(=O)NCc2cccc(CN=C=O)c2)CC(C)(C)N1O. The number of piperidine rings is 1. The van der Waals surface area contributed by atoms with Gasteiger partial charge in [-0.05, 0) is 38.8 Å². The van der Waals surface area contributed by atoms with Crippen LogP contribution in [0.5, 0.6) is 0 Å². The average molecular weight is 361 g/mol. The van der Waals surface area contributed by atoms with Gasteiger partial charge in [-0.2, -0.15) is 5.06 Å². The first-order chi connectivity index (χ1) is 12.1. The lowest BCUT2D eigenvalue weighted by Crippen LogP contribution is -2.60. The Hall–Kier alpha value is -2.21. The van der Waals surface area contributed by atoms with Crippen molar-refractivity contribution >= 4 is 12.2 Å². The number of benzene rings is 1. The van der Waals surface area contributed by atoms with Gasteiger partial charge in [-0.3, -0.25) is 0 Å². The van der Waals surface area contributed by atoms with E-state index in [4.69, 9.17) is 4.74 Å². The van der Waals surface area contributed by atoms with Crippen molar-refractivity contribution in [1.82, 2.24) is 10.4 Å². The Bertz CT molecular complexity index is 678. The lowest BCUT2D eigenvalue weighted by Gasteiger charge is -2.50. The molecule has 2 rings (SSSR count). The van der Waals surface area contributed by atoms with Gasteiger partial charge in [0.15, 0.2) is 0 Å². The van der Waals surface area contributed by atoms with Gasteiger partial charge in [0.25, 0.3) is 0 Å². The molecule has 142 valence electrons. The minimum Gasteiger partial charge on any atom is -0.446 e. The fourth-order valence-electron chi connectivity index (χ4n) is 3.59. The summed E-state index contributed by atoms with van der Waals surface area (Å²) in [5.41, 5.74) is 0.825. The molecular formula is C19H27N3O4. The normalized spacial score (nSPS) is 19.4. The summed E-state index contributed by atoms with van der Waals surface area (Å²) in [6.07, 6.45) is 1.87. The Morgan fingerprint density at radius 3 is 2.54 bits per heavy atom. The molecule has 1 fully saturated rings. The Morgan fingerprint density at radius 2 is 1.92 bits per heavy atom. The molecular weight excluding hydrogens is 334 g/mol. The maximum absolute atomic E-state index is 12.2. The van der Waals surface area contributed by atoms with E-state index in [1.807, 2.05) is 52.0 Å². The first-order valence-electron chi connectivity index (χ1n) is 8.69. The largest absolute Gasteiger partial charge is 0.446 e. The molecule has 7 heteroatoms. The number of carbonyl (C=O) groups excluding carboxylic acids is 2. The standard InChI is InChI=1S/C19H27N3O4/c1-18(2)9-16(10-19(3,4)22(18)25)26-17(24)21-12-15-7-5-6-14(8-15)11-20-13-23/h5-8,16,25H,9-12H2,1-4H3,(H,21,24). The molecule has 0 aliphatic carbocycles. The summed E-state index contributed by atoms with van der Waals surface area (Å²) >= 11 is 0. The molecule has 0 unspecified atom stereocenters. The van der Waals surface area contributed by atoms with Crippen LogP contribution in [0.2, 0.25) is 0 Å². The van der Waals surface area contributed by atoms with Crippen LogP contribution in [0.15, 0.2) is 29.3 Å². The topological polar surface area (TPSA) is 91.2 Å². The fraction of sp³-hybridized carbons (Fsp3) is 0.579. The summed E-state index contributed by atoms with van der Waals surface area (Å²) in [5.74, 6) is 0. The quantitative estimate of drug-likeness (QED) is 0.621. The van der Waals surface area contributed by atoms with Crippen molar-refractivity contribution < 1.29 is 19.5 Å². The van der Waals surface area contributed by atoms with E-state index in [-0.39, 0.29) is 12.6 Å². The zero-order chi connectivity index (χ0) is 19.4. The van der Waals surface area contributed by atoms with Crippen molar-refractivity contribution in [3.05, 3.63) is 35.4 Å². The van der Waals surface area contributed by atoms with Crippen molar-refractivity contribution in [3.8, 4) is 0 Å². The predicted octanol–water partition coefficient (Wildman–Crippen LogP) is 3.16. The zero-order valence-electron chi connectivity index (χ0n) is 15.8. The molecule has 1 saturated heterocycles. The molecule has 1 aliphatic rings. The van der Waals surface area contributed by atoms with Gasteiger partial charge in [0, 0.05) is 30.5 Å². The lowest BCUT2D eigenvalue weighted by atomic mass is 9.80. The predicted molar refractivity (Wildman–Crippen MR) is 96.4 cm³/mol. The number of rotatable bonds is 5. The summed E-state index contributed by atoms with van der Waals surface area (Å²) in [6.45, 7) is 8.30. The second-order valence-electron chi connectivity index (χ2n) is 7.95. The van der Waals surface area contributed by atoms with Crippen LogP contribution < -0.4 is 5.32 Å². The maximum atomic E-state index is 12.2. The van der Waals surface area contributed by atoms with Crippen LogP contribution in [0.3, 0.4) is 0 Å². The van der Waals surface area contributed by atoms with Gasteiger partial charge >= 0.3 is 6.09 Å². The first kappa shape index (κ1) is 20.1. The summed E-state index contributed by atoms with van der Waals surface area (Å²) < 4.78 is 5.57. The molecule has 0 bridgehead atoms. The third-order valence-corrected chi connectivity index (χ3v) is 4.63. The van der Waals surface area contributed by atoms with Gasteiger partial charge in [0.2, 0.25) is 6.08 Å². The molecule has 0 saturated carbocycles. The third-order valence-electron chi connectivity index (χ3n) is 4.63. The van der Waals surface area contributed by atoms with E-state index in [0.29, 0.717) is 19.4 Å². The highest BCUT2D eigenvalue weighted by Gasteiger charge is 2.46. The maximum Gasteiger partial charge on any atom is 0.407 e. The van der Waals surface area contributed by atoms with Gasteiger partial charge in [-0.1, -0.05) is 24.3 Å². The number of nitrogens with one attached hydrogen (secondary N) is 1. The molecule has 1 heterocycles. The molecule has 0 aromatic heterocycles. The van der Waals surface area contributed by atoms with Crippen LogP contribution in [0.25, 0.3) is 0 Å². The van der Waals surface area contributed by atoms with E-state index in [0.717, 1.165) is 11.1 Å². The number of isocyanates is 1. The van der Waals surface area contributed by atoms with E-state index < -0.39 is 17.2 Å². The summed E-state index contributed by atoms with van der Waals surface area (Å²) in [5, 5.41) is 14.4. The van der Waals surface area contributed by atoms with E-state index in [1.54, 1.807) is 0 Å². The molecule has 1 aromatic carbocycles. The first-order valence-corrected chi connectivity index (χ1v) is 8.69. The molecule has 7 nitrogen and oxygen atoms in total. The molecule has 2 N–H and O–H groups in total. The number of hydroxylamine groups is 2. The highest BCUT2D eigenvalue weighted by atomic mass is 16.6. The van der Waals surface area contributed by atoms with E-state index in [9.17, 15) is 14.8 Å². The van der Waals surface area contributed by atoms with E-state index in [1.165, 1.54) is 11.1 Å². The van der Waals surface area contributed by atoms with Crippen LogP contribution in [0.4, 0.5) is 4.79 Å². The van der Waals surface area contributed by atoms with E-state index in [2.05, 4.69) is 10.3 Å². The molecule has 0 atom stereocenters. The number of amides is 1.